The van der Waals surface area contributed by atoms with Gasteiger partial charge in [-0.25, -0.2) is 8.78 Å². The zero-order valence-electron chi connectivity index (χ0n) is 11.4. The van der Waals surface area contributed by atoms with Crippen molar-refractivity contribution in [2.75, 3.05) is 6.26 Å². The van der Waals surface area contributed by atoms with Crippen LogP contribution in [0.2, 0.25) is 0 Å². The molecule has 0 aliphatic carbocycles. The monoisotopic (exact) mass is 372 g/mol. The highest BCUT2D eigenvalue weighted by Crippen LogP contribution is 2.27. The molecule has 0 spiro atoms. The van der Waals surface area contributed by atoms with Gasteiger partial charge in [-0.3, -0.25) is 11.3 Å². The van der Waals surface area contributed by atoms with E-state index in [1.807, 2.05) is 30.5 Å². The van der Waals surface area contributed by atoms with Crippen molar-refractivity contribution < 1.29 is 8.78 Å². The molecule has 1 unspecified atom stereocenters. The number of benzene rings is 2. The molecule has 21 heavy (non-hydrogen) atoms. The van der Waals surface area contributed by atoms with Crippen molar-refractivity contribution in [3.8, 4) is 0 Å². The van der Waals surface area contributed by atoms with Gasteiger partial charge in [0.05, 0.1) is 10.5 Å². The summed E-state index contributed by atoms with van der Waals surface area (Å²) in [6.45, 7) is 0. The molecule has 0 saturated heterocycles. The van der Waals surface area contributed by atoms with Gasteiger partial charge in [0.15, 0.2) is 0 Å². The third kappa shape index (κ3) is 3.83. The molecule has 2 aromatic carbocycles. The quantitative estimate of drug-likeness (QED) is 0.357. The minimum absolute atomic E-state index is 0.0151. The number of hydrogen-bond acceptors (Lipinski definition) is 3. The molecule has 0 fully saturated rings. The minimum Gasteiger partial charge on any atom is -0.271 e. The number of hydrogen-bond donors (Lipinski definition) is 2. The minimum atomic E-state index is -0.587. The number of hydrazine groups is 1. The van der Waals surface area contributed by atoms with Crippen LogP contribution in [0.5, 0.6) is 0 Å². The molecule has 6 heteroatoms. The number of nitrogens with one attached hydrogen (secondary N) is 1. The van der Waals surface area contributed by atoms with E-state index in [1.54, 1.807) is 11.8 Å². The van der Waals surface area contributed by atoms with E-state index in [-0.39, 0.29) is 22.5 Å². The van der Waals surface area contributed by atoms with E-state index < -0.39 is 11.6 Å². The molecule has 2 rings (SSSR count). The molecule has 0 saturated carbocycles. The molecule has 0 aromatic heterocycles. The fraction of sp³-hybridized carbons (Fsp3) is 0.200. The highest BCUT2D eigenvalue weighted by Gasteiger charge is 2.18. The Bertz CT molecular complexity index is 620. The largest absolute Gasteiger partial charge is 0.271 e. The van der Waals surface area contributed by atoms with Crippen LogP contribution in [0.15, 0.2) is 45.8 Å². The molecule has 3 N–H and O–H groups in total. The lowest BCUT2D eigenvalue weighted by atomic mass is 9.99. The third-order valence-corrected chi connectivity index (χ3v) is 4.62. The number of thioether (sulfide) groups is 1. The molecule has 0 amide bonds. The van der Waals surface area contributed by atoms with Gasteiger partial charge in [0.1, 0.15) is 11.6 Å². The summed E-state index contributed by atoms with van der Waals surface area (Å²) >= 11 is 4.70. The fourth-order valence-corrected chi connectivity index (χ4v) is 2.85. The van der Waals surface area contributed by atoms with Gasteiger partial charge in [-0.15, -0.1) is 11.8 Å². The van der Waals surface area contributed by atoms with E-state index in [0.29, 0.717) is 0 Å². The molecule has 0 aliphatic rings. The van der Waals surface area contributed by atoms with Crippen LogP contribution in [0.3, 0.4) is 0 Å². The SMILES string of the molecule is CSc1ccc(C(Cc2c(F)ccc(Br)c2F)NN)cc1. The fourth-order valence-electron chi connectivity index (χ4n) is 2.07. The number of halogens is 3. The molecule has 0 heterocycles. The lowest BCUT2D eigenvalue weighted by Crippen LogP contribution is -2.30. The standard InChI is InChI=1S/C15H15BrF2N2S/c1-21-10-4-2-9(3-5-10)14(20-19)8-11-13(17)7-6-12(16)15(11)18/h2-7,14,20H,8,19H2,1H3. The van der Waals surface area contributed by atoms with Gasteiger partial charge in [-0.1, -0.05) is 12.1 Å². The van der Waals surface area contributed by atoms with Crippen molar-refractivity contribution in [1.29, 1.82) is 0 Å². The third-order valence-electron chi connectivity index (χ3n) is 3.27. The highest BCUT2D eigenvalue weighted by molar-refractivity contribution is 9.10. The topological polar surface area (TPSA) is 38.0 Å². The van der Waals surface area contributed by atoms with Crippen LogP contribution in [0.4, 0.5) is 8.78 Å². The molecule has 1 atom stereocenters. The Hall–Kier alpha value is -0.950. The summed E-state index contributed by atoms with van der Waals surface area (Å²) in [5, 5.41) is 0. The first-order valence-corrected chi connectivity index (χ1v) is 8.31. The van der Waals surface area contributed by atoms with Gasteiger partial charge < -0.3 is 0 Å². The Morgan fingerprint density at radius 2 is 1.86 bits per heavy atom. The molecule has 112 valence electrons. The molecule has 2 aromatic rings. The Balaban J connectivity index is 2.28. The molecule has 0 bridgehead atoms. The van der Waals surface area contributed by atoms with Crippen molar-refractivity contribution in [1.82, 2.24) is 5.43 Å². The van der Waals surface area contributed by atoms with E-state index in [0.717, 1.165) is 10.5 Å². The summed E-state index contributed by atoms with van der Waals surface area (Å²) in [5.74, 6) is 4.39. The van der Waals surface area contributed by atoms with E-state index in [1.165, 1.54) is 12.1 Å². The van der Waals surface area contributed by atoms with Gasteiger partial charge >= 0.3 is 0 Å². The van der Waals surface area contributed by atoms with Gasteiger partial charge in [0.25, 0.3) is 0 Å². The normalized spacial score (nSPS) is 12.4. The van der Waals surface area contributed by atoms with Gasteiger partial charge in [-0.05, 0) is 58.4 Å². The second-order valence-corrected chi connectivity index (χ2v) is 6.25. The maximum Gasteiger partial charge on any atom is 0.143 e. The first-order valence-electron chi connectivity index (χ1n) is 6.29. The molecule has 0 aliphatic heterocycles. The lowest BCUT2D eigenvalue weighted by Gasteiger charge is -2.18. The first kappa shape index (κ1) is 16.4. The molecule has 0 radical (unpaired) electrons. The van der Waals surface area contributed by atoms with E-state index in [2.05, 4.69) is 21.4 Å². The summed E-state index contributed by atoms with van der Waals surface area (Å²) in [6, 6.07) is 9.96. The predicted molar refractivity (Wildman–Crippen MR) is 86.0 cm³/mol. The number of nitrogens with two attached hydrogens (primary N) is 1. The van der Waals surface area contributed by atoms with Gasteiger partial charge in [0.2, 0.25) is 0 Å². The van der Waals surface area contributed by atoms with Gasteiger partial charge in [-0.2, -0.15) is 0 Å². The van der Waals surface area contributed by atoms with Crippen LogP contribution < -0.4 is 11.3 Å². The molecular formula is C15H15BrF2N2S. The summed E-state index contributed by atoms with van der Waals surface area (Å²) in [7, 11) is 0. The van der Waals surface area contributed by atoms with Crippen LogP contribution in [0.1, 0.15) is 17.2 Å². The summed E-state index contributed by atoms with van der Waals surface area (Å²) in [4.78, 5) is 1.12. The van der Waals surface area contributed by atoms with E-state index >= 15 is 0 Å². The van der Waals surface area contributed by atoms with E-state index in [9.17, 15) is 8.78 Å². The van der Waals surface area contributed by atoms with Gasteiger partial charge in [0, 0.05) is 10.5 Å². The average molecular weight is 373 g/mol. The highest BCUT2D eigenvalue weighted by atomic mass is 79.9. The average Bonchev–Trinajstić information content (AvgIpc) is 2.52. The Morgan fingerprint density at radius 1 is 1.19 bits per heavy atom. The van der Waals surface area contributed by atoms with Crippen molar-refractivity contribution >= 4 is 27.7 Å². The van der Waals surface area contributed by atoms with Crippen LogP contribution in [-0.4, -0.2) is 6.26 Å². The van der Waals surface area contributed by atoms with Crippen molar-refractivity contribution in [2.45, 2.75) is 17.4 Å². The Kier molecular flexibility index (Phi) is 5.75. The lowest BCUT2D eigenvalue weighted by molar-refractivity contribution is 0.498. The van der Waals surface area contributed by atoms with E-state index in [4.69, 9.17) is 5.84 Å². The zero-order chi connectivity index (χ0) is 15.4. The zero-order valence-corrected chi connectivity index (χ0v) is 13.8. The van der Waals surface area contributed by atoms with Crippen molar-refractivity contribution in [2.24, 2.45) is 5.84 Å². The number of rotatable bonds is 5. The first-order chi connectivity index (χ1) is 10.1. The Morgan fingerprint density at radius 3 is 2.43 bits per heavy atom. The van der Waals surface area contributed by atoms with Crippen LogP contribution in [-0.2, 0) is 6.42 Å². The maximum atomic E-state index is 14.0. The summed E-state index contributed by atoms with van der Waals surface area (Å²) < 4.78 is 28.1. The Labute approximate surface area is 135 Å². The predicted octanol–water partition coefficient (Wildman–Crippen LogP) is 4.20. The maximum absolute atomic E-state index is 14.0. The van der Waals surface area contributed by atoms with Crippen LogP contribution >= 0.6 is 27.7 Å². The van der Waals surface area contributed by atoms with Crippen molar-refractivity contribution in [3.63, 3.8) is 0 Å². The van der Waals surface area contributed by atoms with Crippen LogP contribution in [0.25, 0.3) is 0 Å². The second kappa shape index (κ2) is 7.35. The summed E-state index contributed by atoms with van der Waals surface area (Å²) in [5.41, 5.74) is 3.52. The van der Waals surface area contributed by atoms with Crippen LogP contribution in [0, 0.1) is 11.6 Å². The second-order valence-electron chi connectivity index (χ2n) is 4.52. The molecule has 2 nitrogen and oxygen atoms in total. The summed E-state index contributed by atoms with van der Waals surface area (Å²) in [6.07, 6.45) is 2.12. The van der Waals surface area contributed by atoms with Crippen molar-refractivity contribution in [3.05, 3.63) is 63.6 Å². The molecular weight excluding hydrogens is 358 g/mol. The smallest absolute Gasteiger partial charge is 0.143 e.